The Kier molecular flexibility index (Phi) is 5.33. The molecule has 0 aliphatic heterocycles. The Hall–Kier alpha value is -1.28. The molecule has 0 saturated heterocycles. The fourth-order valence-corrected chi connectivity index (χ4v) is 4.70. The van der Waals surface area contributed by atoms with Gasteiger partial charge in [-0.1, -0.05) is 11.6 Å². The highest BCUT2D eigenvalue weighted by Gasteiger charge is 2.22. The Balaban J connectivity index is 2.30. The molecule has 1 aromatic carbocycles. The lowest BCUT2D eigenvalue weighted by Crippen LogP contribution is -2.26. The number of benzene rings is 1. The summed E-state index contributed by atoms with van der Waals surface area (Å²) in [5.74, 6) is 1.21. The van der Waals surface area contributed by atoms with E-state index in [1.54, 1.807) is 38.3 Å². The van der Waals surface area contributed by atoms with Gasteiger partial charge in [0.25, 0.3) is 10.0 Å². The zero-order valence-electron chi connectivity index (χ0n) is 12.3. The van der Waals surface area contributed by atoms with Gasteiger partial charge >= 0.3 is 0 Å². The average molecular weight is 362 g/mol. The molecule has 1 heterocycles. The molecule has 0 unspecified atom stereocenters. The van der Waals surface area contributed by atoms with E-state index in [0.29, 0.717) is 21.4 Å². The Morgan fingerprint density at radius 1 is 1.18 bits per heavy atom. The number of halogens is 1. The molecule has 2 aromatic rings. The van der Waals surface area contributed by atoms with Crippen LogP contribution in [0.1, 0.15) is 18.5 Å². The number of hydrogen-bond donors (Lipinski definition) is 1. The third-order valence-corrected chi connectivity index (χ3v) is 6.31. The smallest absolute Gasteiger partial charge is 0.250 e. The van der Waals surface area contributed by atoms with Gasteiger partial charge in [0.15, 0.2) is 0 Å². The standard InChI is InChI=1S/C14H16ClNO4S2/c1-9(11-8-10(19-2)4-5-12(11)20-3)16-22(17,18)14-7-6-13(15)21-14/h4-9,16H,1-3H3/t9-/m1/s1. The van der Waals surface area contributed by atoms with Crippen LogP contribution in [0.3, 0.4) is 0 Å². The molecule has 0 amide bonds. The van der Waals surface area contributed by atoms with Crippen LogP contribution in [0, 0.1) is 0 Å². The molecule has 0 fully saturated rings. The van der Waals surface area contributed by atoms with Crippen molar-refractivity contribution in [3.05, 3.63) is 40.2 Å². The molecule has 120 valence electrons. The first-order valence-corrected chi connectivity index (χ1v) is 9.04. The molecule has 0 saturated carbocycles. The van der Waals surface area contributed by atoms with E-state index in [4.69, 9.17) is 21.1 Å². The molecule has 0 spiro atoms. The summed E-state index contributed by atoms with van der Waals surface area (Å²) in [5.41, 5.74) is 0.688. The highest BCUT2D eigenvalue weighted by molar-refractivity contribution is 7.91. The second kappa shape index (κ2) is 6.87. The van der Waals surface area contributed by atoms with Crippen molar-refractivity contribution in [3.8, 4) is 11.5 Å². The highest BCUT2D eigenvalue weighted by Crippen LogP contribution is 2.31. The van der Waals surface area contributed by atoms with Gasteiger partial charge in [0.05, 0.1) is 18.6 Å². The first kappa shape index (κ1) is 17.1. The Labute approximate surface area is 138 Å². The average Bonchev–Trinajstić information content (AvgIpc) is 2.93. The van der Waals surface area contributed by atoms with E-state index >= 15 is 0 Å². The quantitative estimate of drug-likeness (QED) is 0.855. The van der Waals surface area contributed by atoms with Crippen molar-refractivity contribution in [2.75, 3.05) is 14.2 Å². The maximum absolute atomic E-state index is 12.4. The zero-order valence-corrected chi connectivity index (χ0v) is 14.7. The van der Waals surface area contributed by atoms with Gasteiger partial charge < -0.3 is 9.47 Å². The van der Waals surface area contributed by atoms with Gasteiger partial charge in [-0.05, 0) is 37.3 Å². The van der Waals surface area contributed by atoms with Crippen LogP contribution >= 0.6 is 22.9 Å². The van der Waals surface area contributed by atoms with Crippen molar-refractivity contribution in [3.63, 3.8) is 0 Å². The van der Waals surface area contributed by atoms with Crippen LogP contribution in [0.15, 0.2) is 34.5 Å². The maximum atomic E-state index is 12.4. The van der Waals surface area contributed by atoms with Gasteiger partial charge in [-0.2, -0.15) is 0 Å². The molecule has 5 nitrogen and oxygen atoms in total. The first-order chi connectivity index (χ1) is 10.4. The monoisotopic (exact) mass is 361 g/mol. The third kappa shape index (κ3) is 3.73. The minimum Gasteiger partial charge on any atom is -0.497 e. The van der Waals surface area contributed by atoms with Gasteiger partial charge in [0, 0.05) is 11.6 Å². The molecule has 22 heavy (non-hydrogen) atoms. The van der Waals surface area contributed by atoms with Gasteiger partial charge in [-0.25, -0.2) is 13.1 Å². The Morgan fingerprint density at radius 3 is 2.45 bits per heavy atom. The van der Waals surface area contributed by atoms with E-state index in [9.17, 15) is 8.42 Å². The minimum absolute atomic E-state index is 0.172. The van der Waals surface area contributed by atoms with Crippen molar-refractivity contribution < 1.29 is 17.9 Å². The van der Waals surface area contributed by atoms with E-state index in [2.05, 4.69) is 4.72 Å². The molecule has 0 aliphatic carbocycles. The summed E-state index contributed by atoms with van der Waals surface area (Å²) >= 11 is 6.81. The lowest BCUT2D eigenvalue weighted by atomic mass is 10.1. The lowest BCUT2D eigenvalue weighted by molar-refractivity contribution is 0.395. The van der Waals surface area contributed by atoms with Crippen LogP contribution in [0.2, 0.25) is 4.34 Å². The second-order valence-electron chi connectivity index (χ2n) is 4.51. The van der Waals surface area contributed by atoms with Crippen LogP contribution in [0.4, 0.5) is 0 Å². The molecular formula is C14H16ClNO4S2. The second-order valence-corrected chi connectivity index (χ2v) is 8.17. The van der Waals surface area contributed by atoms with Gasteiger partial charge in [-0.3, -0.25) is 0 Å². The summed E-state index contributed by atoms with van der Waals surface area (Å²) < 4.78 is 38.4. The van der Waals surface area contributed by atoms with Crippen LogP contribution < -0.4 is 14.2 Å². The van der Waals surface area contributed by atoms with Crippen LogP contribution in [0.25, 0.3) is 0 Å². The number of ether oxygens (including phenoxy) is 2. The number of rotatable bonds is 6. The normalized spacial score (nSPS) is 12.9. The van der Waals surface area contributed by atoms with E-state index in [1.165, 1.54) is 13.2 Å². The fraction of sp³-hybridized carbons (Fsp3) is 0.286. The van der Waals surface area contributed by atoms with Crippen molar-refractivity contribution in [1.29, 1.82) is 0 Å². The fourth-order valence-electron chi connectivity index (χ4n) is 1.97. The van der Waals surface area contributed by atoms with Gasteiger partial charge in [0.2, 0.25) is 0 Å². The molecule has 0 bridgehead atoms. The Bertz CT molecular complexity index is 758. The molecule has 1 N–H and O–H groups in total. The Morgan fingerprint density at radius 2 is 1.91 bits per heavy atom. The molecule has 8 heteroatoms. The molecular weight excluding hydrogens is 346 g/mol. The van der Waals surface area contributed by atoms with Crippen LogP contribution in [-0.2, 0) is 10.0 Å². The summed E-state index contributed by atoms with van der Waals surface area (Å²) in [7, 11) is -0.561. The van der Waals surface area contributed by atoms with Crippen molar-refractivity contribution in [1.82, 2.24) is 4.72 Å². The maximum Gasteiger partial charge on any atom is 0.250 e. The largest absolute Gasteiger partial charge is 0.497 e. The summed E-state index contributed by atoms with van der Waals surface area (Å²) in [6.07, 6.45) is 0. The highest BCUT2D eigenvalue weighted by atomic mass is 35.5. The summed E-state index contributed by atoms with van der Waals surface area (Å²) in [5, 5.41) is 0. The number of nitrogens with one attached hydrogen (secondary N) is 1. The van der Waals surface area contributed by atoms with Crippen molar-refractivity contribution >= 4 is 33.0 Å². The molecule has 1 aromatic heterocycles. The van der Waals surface area contributed by atoms with E-state index in [-0.39, 0.29) is 4.21 Å². The molecule has 1 atom stereocenters. The summed E-state index contributed by atoms with van der Waals surface area (Å²) in [6.45, 7) is 1.74. The van der Waals surface area contributed by atoms with E-state index in [0.717, 1.165) is 11.3 Å². The molecule has 2 rings (SSSR count). The predicted molar refractivity (Wildman–Crippen MR) is 87.6 cm³/mol. The number of thiophene rings is 1. The predicted octanol–water partition coefficient (Wildman–Crippen LogP) is 3.46. The first-order valence-electron chi connectivity index (χ1n) is 6.37. The minimum atomic E-state index is -3.64. The van der Waals surface area contributed by atoms with Gasteiger partial charge in [-0.15, -0.1) is 11.3 Å². The number of sulfonamides is 1. The number of methoxy groups -OCH3 is 2. The summed E-state index contributed by atoms with van der Waals surface area (Å²) in [4.78, 5) is 0. The molecule has 0 radical (unpaired) electrons. The number of hydrogen-bond acceptors (Lipinski definition) is 5. The zero-order chi connectivity index (χ0) is 16.3. The van der Waals surface area contributed by atoms with E-state index < -0.39 is 16.1 Å². The van der Waals surface area contributed by atoms with Crippen LogP contribution in [-0.4, -0.2) is 22.6 Å². The topological polar surface area (TPSA) is 64.6 Å². The molecule has 0 aliphatic rings. The van der Waals surface area contributed by atoms with Crippen molar-refractivity contribution in [2.45, 2.75) is 17.2 Å². The summed E-state index contributed by atoms with van der Waals surface area (Å²) in [6, 6.07) is 7.77. The van der Waals surface area contributed by atoms with Gasteiger partial charge in [0.1, 0.15) is 15.7 Å². The van der Waals surface area contributed by atoms with Crippen molar-refractivity contribution in [2.24, 2.45) is 0 Å². The third-order valence-electron chi connectivity index (χ3n) is 3.05. The SMILES string of the molecule is COc1ccc(OC)c([C@@H](C)NS(=O)(=O)c2ccc(Cl)s2)c1. The lowest BCUT2D eigenvalue weighted by Gasteiger charge is -2.17. The van der Waals surface area contributed by atoms with Crippen LogP contribution in [0.5, 0.6) is 11.5 Å². The van der Waals surface area contributed by atoms with E-state index in [1.807, 2.05) is 0 Å².